The highest BCUT2D eigenvalue weighted by molar-refractivity contribution is 5.81. The summed E-state index contributed by atoms with van der Waals surface area (Å²) in [4.78, 5) is 7.19. The highest BCUT2D eigenvalue weighted by atomic mass is 15.2. The number of hydrogen-bond acceptors (Lipinski definition) is 3. The van der Waals surface area contributed by atoms with Crippen LogP contribution >= 0.6 is 0 Å². The smallest absolute Gasteiger partial charge is 0.0859 e. The number of nitrogens with zero attached hydrogens (tertiary/aromatic N) is 2. The minimum absolute atomic E-state index is 0.520. The lowest BCUT2D eigenvalue weighted by atomic mass is 10.0. The zero-order valence-corrected chi connectivity index (χ0v) is 12.9. The Morgan fingerprint density at radius 2 is 2.05 bits per heavy atom. The summed E-state index contributed by atoms with van der Waals surface area (Å²) in [6.45, 7) is 5.28. The van der Waals surface area contributed by atoms with Gasteiger partial charge in [0.25, 0.3) is 0 Å². The van der Waals surface area contributed by atoms with Crippen molar-refractivity contribution in [2.24, 2.45) is 4.99 Å². The van der Waals surface area contributed by atoms with E-state index in [4.69, 9.17) is 0 Å². The Labute approximate surface area is 131 Å². The van der Waals surface area contributed by atoms with Crippen molar-refractivity contribution in [3.8, 4) is 11.1 Å². The molecule has 22 heavy (non-hydrogen) atoms. The molecule has 0 radical (unpaired) electrons. The molecule has 0 aromatic heterocycles. The second-order valence-corrected chi connectivity index (χ2v) is 6.17. The summed E-state index contributed by atoms with van der Waals surface area (Å²) in [5.41, 5.74) is 6.23. The summed E-state index contributed by atoms with van der Waals surface area (Å²) in [7, 11) is 0. The van der Waals surface area contributed by atoms with Crippen molar-refractivity contribution in [3.05, 3.63) is 48.0 Å². The molecule has 3 heteroatoms. The fourth-order valence-corrected chi connectivity index (χ4v) is 3.43. The predicted molar refractivity (Wildman–Crippen MR) is 93.4 cm³/mol. The number of benzene rings is 2. The zero-order chi connectivity index (χ0) is 14.9. The summed E-state index contributed by atoms with van der Waals surface area (Å²) in [6, 6.07) is 15.9. The molecule has 0 bridgehead atoms. The minimum Gasteiger partial charge on any atom is -0.364 e. The molecule has 1 unspecified atom stereocenters. The number of piperazine rings is 1. The molecule has 0 spiro atoms. The normalized spacial score (nSPS) is 20.2. The van der Waals surface area contributed by atoms with E-state index in [0.717, 1.165) is 31.7 Å². The van der Waals surface area contributed by atoms with Crippen LogP contribution in [0.2, 0.25) is 0 Å². The molecule has 2 aliphatic rings. The predicted octanol–water partition coefficient (Wildman–Crippen LogP) is 3.55. The van der Waals surface area contributed by atoms with E-state index < -0.39 is 0 Å². The van der Waals surface area contributed by atoms with E-state index in [1.165, 1.54) is 22.4 Å². The number of hydrogen-bond donors (Lipinski definition) is 1. The van der Waals surface area contributed by atoms with Crippen LogP contribution < -0.4 is 10.2 Å². The van der Waals surface area contributed by atoms with E-state index >= 15 is 0 Å². The molecule has 0 amide bonds. The third kappa shape index (κ3) is 2.42. The molecule has 1 atom stereocenters. The molecular weight excluding hydrogens is 270 g/mol. The van der Waals surface area contributed by atoms with E-state index in [9.17, 15) is 0 Å². The van der Waals surface area contributed by atoms with Gasteiger partial charge < -0.3 is 10.2 Å². The average Bonchev–Trinajstić information content (AvgIpc) is 2.74. The van der Waals surface area contributed by atoms with E-state index in [2.05, 4.69) is 70.8 Å². The fraction of sp³-hybridized carbons (Fsp3) is 0.316. The van der Waals surface area contributed by atoms with Gasteiger partial charge in [-0.25, -0.2) is 0 Å². The highest BCUT2D eigenvalue weighted by Crippen LogP contribution is 2.37. The van der Waals surface area contributed by atoms with Gasteiger partial charge in [0.05, 0.1) is 11.4 Å². The highest BCUT2D eigenvalue weighted by Gasteiger charge is 2.25. The first kappa shape index (κ1) is 13.5. The Kier molecular flexibility index (Phi) is 3.43. The van der Waals surface area contributed by atoms with Crippen molar-refractivity contribution < 1.29 is 0 Å². The maximum absolute atomic E-state index is 4.67. The lowest BCUT2D eigenvalue weighted by molar-refractivity contribution is 0.489. The first-order chi connectivity index (χ1) is 10.8. The molecular formula is C19H21N3. The molecule has 3 nitrogen and oxygen atoms in total. The minimum atomic E-state index is 0.520. The monoisotopic (exact) mass is 291 g/mol. The molecule has 2 aliphatic heterocycles. The van der Waals surface area contributed by atoms with Crippen LogP contribution in [0.1, 0.15) is 12.0 Å². The summed E-state index contributed by atoms with van der Waals surface area (Å²) >= 11 is 0. The molecule has 2 aromatic carbocycles. The zero-order valence-electron chi connectivity index (χ0n) is 12.9. The van der Waals surface area contributed by atoms with Crippen LogP contribution in [-0.4, -0.2) is 31.9 Å². The van der Waals surface area contributed by atoms with Crippen LogP contribution in [0.15, 0.2) is 47.5 Å². The van der Waals surface area contributed by atoms with Crippen molar-refractivity contribution in [1.82, 2.24) is 5.32 Å². The van der Waals surface area contributed by atoms with Crippen molar-refractivity contribution in [3.63, 3.8) is 0 Å². The number of fused-ring (bicyclic) bond motifs is 3. The van der Waals surface area contributed by atoms with Gasteiger partial charge in [-0.15, -0.1) is 0 Å². The van der Waals surface area contributed by atoms with Gasteiger partial charge >= 0.3 is 0 Å². The van der Waals surface area contributed by atoms with Crippen molar-refractivity contribution in [2.45, 2.75) is 19.4 Å². The van der Waals surface area contributed by atoms with Gasteiger partial charge in [0.1, 0.15) is 0 Å². The molecule has 2 aromatic rings. The van der Waals surface area contributed by atoms with Crippen LogP contribution in [-0.2, 0) is 0 Å². The SMILES string of the molecule is Cc1cccc(-c2ccc3c(c2)N2CCNCC2CC=N3)c1. The van der Waals surface area contributed by atoms with E-state index in [0.29, 0.717) is 6.04 Å². The standard InChI is InChI=1S/C19H21N3/c1-14-3-2-4-15(11-14)16-5-6-18-19(12-16)22-10-9-20-13-17(22)7-8-21-18/h2-6,8,11-12,17,20H,7,9-10,13H2,1H3. The van der Waals surface area contributed by atoms with Gasteiger partial charge in [-0.05, 0) is 30.2 Å². The molecule has 4 rings (SSSR count). The lowest BCUT2D eigenvalue weighted by Crippen LogP contribution is -2.51. The summed E-state index contributed by atoms with van der Waals surface area (Å²) < 4.78 is 0. The lowest BCUT2D eigenvalue weighted by Gasteiger charge is -2.37. The Morgan fingerprint density at radius 3 is 2.95 bits per heavy atom. The molecule has 0 aliphatic carbocycles. The Bertz CT molecular complexity index is 720. The molecule has 2 heterocycles. The Balaban J connectivity index is 1.79. The van der Waals surface area contributed by atoms with Gasteiger partial charge in [0.15, 0.2) is 0 Å². The number of aliphatic imine (C=N–C) groups is 1. The quantitative estimate of drug-likeness (QED) is 0.870. The summed E-state index contributed by atoms with van der Waals surface area (Å²) in [5.74, 6) is 0. The van der Waals surface area contributed by atoms with Crippen LogP contribution in [0.3, 0.4) is 0 Å². The molecule has 0 saturated carbocycles. The number of nitrogens with one attached hydrogen (secondary N) is 1. The first-order valence-electron chi connectivity index (χ1n) is 8.02. The topological polar surface area (TPSA) is 27.6 Å². The second-order valence-electron chi connectivity index (χ2n) is 6.17. The van der Waals surface area contributed by atoms with Crippen molar-refractivity contribution >= 4 is 17.6 Å². The fourth-order valence-electron chi connectivity index (χ4n) is 3.43. The first-order valence-corrected chi connectivity index (χ1v) is 8.02. The summed E-state index contributed by atoms with van der Waals surface area (Å²) in [5, 5.41) is 3.49. The van der Waals surface area contributed by atoms with Crippen molar-refractivity contribution in [2.75, 3.05) is 24.5 Å². The van der Waals surface area contributed by atoms with Gasteiger partial charge in [-0.2, -0.15) is 0 Å². The molecule has 1 fully saturated rings. The van der Waals surface area contributed by atoms with Crippen LogP contribution in [0.25, 0.3) is 11.1 Å². The maximum atomic E-state index is 4.67. The van der Waals surface area contributed by atoms with Crippen LogP contribution in [0, 0.1) is 6.92 Å². The van der Waals surface area contributed by atoms with Gasteiger partial charge in [0.2, 0.25) is 0 Å². The second kappa shape index (κ2) is 5.58. The third-order valence-corrected chi connectivity index (χ3v) is 4.59. The third-order valence-electron chi connectivity index (χ3n) is 4.59. The van der Waals surface area contributed by atoms with Crippen LogP contribution in [0.5, 0.6) is 0 Å². The van der Waals surface area contributed by atoms with Crippen LogP contribution in [0.4, 0.5) is 11.4 Å². The molecule has 112 valence electrons. The number of anilines is 1. The van der Waals surface area contributed by atoms with Crippen molar-refractivity contribution in [1.29, 1.82) is 0 Å². The molecule has 1 N–H and O–H groups in total. The Hall–Kier alpha value is -2.13. The molecule has 1 saturated heterocycles. The van der Waals surface area contributed by atoms with E-state index in [-0.39, 0.29) is 0 Å². The number of rotatable bonds is 1. The summed E-state index contributed by atoms with van der Waals surface area (Å²) in [6.07, 6.45) is 3.09. The van der Waals surface area contributed by atoms with Gasteiger partial charge in [0, 0.05) is 38.3 Å². The van der Waals surface area contributed by atoms with Gasteiger partial charge in [-0.1, -0.05) is 35.9 Å². The van der Waals surface area contributed by atoms with Gasteiger partial charge in [-0.3, -0.25) is 4.99 Å². The number of aryl methyl sites for hydroxylation is 1. The average molecular weight is 291 g/mol. The largest absolute Gasteiger partial charge is 0.364 e. The van der Waals surface area contributed by atoms with E-state index in [1.54, 1.807) is 0 Å². The Morgan fingerprint density at radius 1 is 1.14 bits per heavy atom. The maximum Gasteiger partial charge on any atom is 0.0859 e. The van der Waals surface area contributed by atoms with E-state index in [1.807, 2.05) is 0 Å².